The van der Waals surface area contributed by atoms with Crippen LogP contribution in [0.3, 0.4) is 0 Å². The predicted octanol–water partition coefficient (Wildman–Crippen LogP) is 2.65. The molecule has 3 rings (SSSR count). The normalized spacial score (nSPS) is 10.5. The van der Waals surface area contributed by atoms with Crippen LogP contribution in [0.4, 0.5) is 0 Å². The van der Waals surface area contributed by atoms with Gasteiger partial charge in [-0.1, -0.05) is 23.9 Å². The van der Waals surface area contributed by atoms with E-state index in [0.717, 1.165) is 0 Å². The number of aromatic nitrogens is 4. The minimum Gasteiger partial charge on any atom is -0.497 e. The van der Waals surface area contributed by atoms with E-state index in [2.05, 4.69) is 15.2 Å². The van der Waals surface area contributed by atoms with Crippen molar-refractivity contribution in [2.24, 2.45) is 0 Å². The molecule has 0 amide bonds. The minimum atomic E-state index is 0.0226. The Kier molecular flexibility index (Phi) is 4.68. The van der Waals surface area contributed by atoms with Crippen molar-refractivity contribution in [3.8, 4) is 11.6 Å². The van der Waals surface area contributed by atoms with Gasteiger partial charge in [0.2, 0.25) is 0 Å². The number of hydrogen-bond donors (Lipinski definition) is 0. The molecule has 0 aliphatic carbocycles. The summed E-state index contributed by atoms with van der Waals surface area (Å²) in [6, 6.07) is 10.8. The molecule has 3 aromatic rings. The van der Waals surface area contributed by atoms with Crippen molar-refractivity contribution in [1.82, 2.24) is 19.7 Å². The SMILES string of the molecule is COc1cccc(C(=O)CSc2ccc(-n3ccnc3)nn2)c1. The molecule has 0 bridgehead atoms. The summed E-state index contributed by atoms with van der Waals surface area (Å²) in [7, 11) is 1.58. The highest BCUT2D eigenvalue weighted by Crippen LogP contribution is 2.19. The fourth-order valence-electron chi connectivity index (χ4n) is 1.94. The number of carbonyl (C=O) groups excluding carboxylic acids is 1. The van der Waals surface area contributed by atoms with E-state index in [1.165, 1.54) is 11.8 Å². The molecule has 7 heteroatoms. The van der Waals surface area contributed by atoms with Crippen LogP contribution in [0.5, 0.6) is 5.75 Å². The van der Waals surface area contributed by atoms with Crippen LogP contribution in [0.15, 0.2) is 60.1 Å². The molecule has 23 heavy (non-hydrogen) atoms. The summed E-state index contributed by atoms with van der Waals surface area (Å²) in [5.74, 6) is 1.68. The zero-order valence-corrected chi connectivity index (χ0v) is 13.2. The highest BCUT2D eigenvalue weighted by molar-refractivity contribution is 7.99. The number of imidazole rings is 1. The first-order valence-corrected chi connectivity index (χ1v) is 7.87. The molecule has 0 atom stereocenters. The van der Waals surface area contributed by atoms with Crippen molar-refractivity contribution in [2.45, 2.75) is 5.03 Å². The second kappa shape index (κ2) is 7.06. The predicted molar refractivity (Wildman–Crippen MR) is 87.2 cm³/mol. The van der Waals surface area contributed by atoms with Crippen molar-refractivity contribution in [1.29, 1.82) is 0 Å². The number of methoxy groups -OCH3 is 1. The lowest BCUT2D eigenvalue weighted by Crippen LogP contribution is -2.03. The van der Waals surface area contributed by atoms with E-state index in [4.69, 9.17) is 4.74 Å². The average molecular weight is 326 g/mol. The lowest BCUT2D eigenvalue weighted by atomic mass is 10.1. The third kappa shape index (κ3) is 3.75. The third-order valence-corrected chi connectivity index (χ3v) is 4.06. The molecule has 6 nitrogen and oxygen atoms in total. The largest absolute Gasteiger partial charge is 0.497 e. The van der Waals surface area contributed by atoms with Crippen molar-refractivity contribution in [2.75, 3.05) is 12.9 Å². The molecule has 0 aliphatic heterocycles. The van der Waals surface area contributed by atoms with Crippen molar-refractivity contribution < 1.29 is 9.53 Å². The van der Waals surface area contributed by atoms with Gasteiger partial charge in [0.15, 0.2) is 11.6 Å². The number of nitrogens with zero attached hydrogens (tertiary/aromatic N) is 4. The van der Waals surface area contributed by atoms with E-state index in [1.807, 2.05) is 18.2 Å². The summed E-state index contributed by atoms with van der Waals surface area (Å²) < 4.78 is 6.89. The Balaban J connectivity index is 1.62. The number of Topliss-reactive ketones (excluding diaryl/α,β-unsaturated/α-hetero) is 1. The van der Waals surface area contributed by atoms with Gasteiger partial charge in [0.05, 0.1) is 12.9 Å². The van der Waals surface area contributed by atoms with E-state index in [9.17, 15) is 4.79 Å². The zero-order valence-electron chi connectivity index (χ0n) is 12.4. The highest BCUT2D eigenvalue weighted by atomic mass is 32.2. The Bertz CT molecular complexity index is 788. The number of benzene rings is 1. The molecule has 0 radical (unpaired) electrons. The first-order chi connectivity index (χ1) is 11.3. The fraction of sp³-hybridized carbons (Fsp3) is 0.125. The van der Waals surface area contributed by atoms with Crippen LogP contribution in [0.1, 0.15) is 10.4 Å². The quantitative estimate of drug-likeness (QED) is 0.512. The molecule has 0 fully saturated rings. The molecule has 0 aliphatic rings. The fourth-order valence-corrected chi connectivity index (χ4v) is 2.65. The average Bonchev–Trinajstić information content (AvgIpc) is 3.15. The Morgan fingerprint density at radius 2 is 2.17 bits per heavy atom. The minimum absolute atomic E-state index is 0.0226. The Labute approximate surface area is 137 Å². The molecule has 0 unspecified atom stereocenters. The van der Waals surface area contributed by atoms with Crippen molar-refractivity contribution in [3.05, 3.63) is 60.7 Å². The van der Waals surface area contributed by atoms with Gasteiger partial charge in [-0.15, -0.1) is 10.2 Å². The van der Waals surface area contributed by atoms with Crippen molar-refractivity contribution >= 4 is 17.5 Å². The van der Waals surface area contributed by atoms with Crippen LogP contribution in [0.25, 0.3) is 5.82 Å². The van der Waals surface area contributed by atoms with Gasteiger partial charge < -0.3 is 4.74 Å². The van der Waals surface area contributed by atoms with Crippen LogP contribution in [-0.2, 0) is 0 Å². The van der Waals surface area contributed by atoms with E-state index >= 15 is 0 Å². The van der Waals surface area contributed by atoms with Gasteiger partial charge in [0, 0.05) is 18.0 Å². The van der Waals surface area contributed by atoms with E-state index in [-0.39, 0.29) is 5.78 Å². The Hall–Kier alpha value is -2.67. The van der Waals surface area contributed by atoms with Gasteiger partial charge in [0.25, 0.3) is 0 Å². The molecular formula is C16H14N4O2S. The second-order valence-corrected chi connectivity index (χ2v) is 5.64. The molecule has 0 saturated heterocycles. The molecule has 2 aromatic heterocycles. The molecule has 0 saturated carbocycles. The first-order valence-electron chi connectivity index (χ1n) is 6.88. The second-order valence-electron chi connectivity index (χ2n) is 4.64. The van der Waals surface area contributed by atoms with Crippen molar-refractivity contribution in [3.63, 3.8) is 0 Å². The number of ketones is 1. The number of rotatable bonds is 6. The summed E-state index contributed by atoms with van der Waals surface area (Å²) in [5, 5.41) is 8.94. The summed E-state index contributed by atoms with van der Waals surface area (Å²) in [6.07, 6.45) is 5.13. The van der Waals surface area contributed by atoms with Gasteiger partial charge in [-0.3, -0.25) is 9.36 Å². The van der Waals surface area contributed by atoms with Gasteiger partial charge in [-0.25, -0.2) is 4.98 Å². The zero-order chi connectivity index (χ0) is 16.1. The van der Waals surface area contributed by atoms with E-state index in [0.29, 0.717) is 27.9 Å². The standard InChI is InChI=1S/C16H14N4O2S/c1-22-13-4-2-3-12(9-13)14(21)10-23-16-6-5-15(18-19-16)20-8-7-17-11-20/h2-9,11H,10H2,1H3. The Morgan fingerprint density at radius 3 is 2.87 bits per heavy atom. The molecular weight excluding hydrogens is 312 g/mol. The smallest absolute Gasteiger partial charge is 0.173 e. The van der Waals surface area contributed by atoms with Crippen LogP contribution in [0.2, 0.25) is 0 Å². The Morgan fingerprint density at radius 1 is 1.26 bits per heavy atom. The molecule has 116 valence electrons. The van der Waals surface area contributed by atoms with E-state index < -0.39 is 0 Å². The van der Waals surface area contributed by atoms with Crippen LogP contribution in [-0.4, -0.2) is 38.4 Å². The van der Waals surface area contributed by atoms with Crippen LogP contribution >= 0.6 is 11.8 Å². The first kappa shape index (κ1) is 15.2. The summed E-state index contributed by atoms with van der Waals surface area (Å²) >= 11 is 1.35. The van der Waals surface area contributed by atoms with Gasteiger partial charge in [-0.2, -0.15) is 0 Å². The highest BCUT2D eigenvalue weighted by Gasteiger charge is 2.09. The van der Waals surface area contributed by atoms with Crippen LogP contribution in [0, 0.1) is 0 Å². The summed E-state index contributed by atoms with van der Waals surface area (Å²) in [4.78, 5) is 16.2. The summed E-state index contributed by atoms with van der Waals surface area (Å²) in [5.41, 5.74) is 0.625. The lowest BCUT2D eigenvalue weighted by molar-refractivity contribution is 0.102. The number of hydrogen-bond acceptors (Lipinski definition) is 6. The molecule has 2 heterocycles. The van der Waals surface area contributed by atoms with E-state index in [1.54, 1.807) is 48.6 Å². The molecule has 0 N–H and O–H groups in total. The number of carbonyl (C=O) groups is 1. The third-order valence-electron chi connectivity index (χ3n) is 3.14. The molecule has 1 aromatic carbocycles. The van der Waals surface area contributed by atoms with Gasteiger partial charge in [-0.05, 0) is 24.3 Å². The summed E-state index contributed by atoms with van der Waals surface area (Å²) in [6.45, 7) is 0. The maximum Gasteiger partial charge on any atom is 0.173 e. The van der Waals surface area contributed by atoms with Gasteiger partial charge in [0.1, 0.15) is 17.1 Å². The van der Waals surface area contributed by atoms with Crippen LogP contribution < -0.4 is 4.74 Å². The lowest BCUT2D eigenvalue weighted by Gasteiger charge is -2.04. The van der Waals surface area contributed by atoms with Gasteiger partial charge >= 0.3 is 0 Å². The molecule has 0 spiro atoms. The number of thioether (sulfide) groups is 1. The maximum atomic E-state index is 12.2. The maximum absolute atomic E-state index is 12.2. The number of ether oxygens (including phenoxy) is 1. The topological polar surface area (TPSA) is 69.9 Å². The monoisotopic (exact) mass is 326 g/mol.